The molecular weight excluding hydrogens is 384 g/mol. The first-order valence-electron chi connectivity index (χ1n) is 9.43. The molecule has 30 heavy (non-hydrogen) atoms. The van der Waals surface area contributed by atoms with Gasteiger partial charge in [-0.3, -0.25) is 14.5 Å². The number of anilines is 1. The van der Waals surface area contributed by atoms with Crippen molar-refractivity contribution in [1.29, 1.82) is 0 Å². The molecule has 8 heteroatoms. The molecule has 1 aliphatic heterocycles. The number of ether oxygens (including phenoxy) is 1. The Morgan fingerprint density at radius 3 is 2.53 bits per heavy atom. The van der Waals surface area contributed by atoms with E-state index in [1.807, 2.05) is 13.8 Å². The van der Waals surface area contributed by atoms with Crippen LogP contribution >= 0.6 is 0 Å². The standard InChI is InChI=1S/C22H24N4O4/c1-14(2)13-30-17-8-6-16(7-9-17)22(4)20(28)26(21(29)25-22)12-19(27)24-18-10-5-15(3)11-23-18/h5-11H,1,12-13H2,2-4H3,(H,25,29)(H,23,24,27). The van der Waals surface area contributed by atoms with Gasteiger partial charge in [-0.25, -0.2) is 9.78 Å². The molecule has 1 fully saturated rings. The van der Waals surface area contributed by atoms with Gasteiger partial charge in [-0.2, -0.15) is 0 Å². The number of carbonyl (C=O) groups excluding carboxylic acids is 3. The summed E-state index contributed by atoms with van der Waals surface area (Å²) in [5.41, 5.74) is 1.16. The summed E-state index contributed by atoms with van der Waals surface area (Å²) in [6.45, 7) is 9.12. The number of pyridine rings is 1. The van der Waals surface area contributed by atoms with E-state index < -0.39 is 29.9 Å². The maximum Gasteiger partial charge on any atom is 0.325 e. The summed E-state index contributed by atoms with van der Waals surface area (Å²) in [6.07, 6.45) is 1.62. The molecule has 8 nitrogen and oxygen atoms in total. The molecule has 0 aliphatic carbocycles. The van der Waals surface area contributed by atoms with Gasteiger partial charge < -0.3 is 15.4 Å². The highest BCUT2D eigenvalue weighted by atomic mass is 16.5. The number of benzene rings is 1. The van der Waals surface area contributed by atoms with Crippen molar-refractivity contribution in [3.05, 3.63) is 65.9 Å². The zero-order valence-corrected chi connectivity index (χ0v) is 17.2. The van der Waals surface area contributed by atoms with Crippen LogP contribution in [-0.2, 0) is 15.1 Å². The quantitative estimate of drug-likeness (QED) is 0.542. The van der Waals surface area contributed by atoms with Gasteiger partial charge in [0.25, 0.3) is 5.91 Å². The first kappa shape index (κ1) is 21.0. The third kappa shape index (κ3) is 4.48. The van der Waals surface area contributed by atoms with E-state index in [0.717, 1.165) is 16.0 Å². The van der Waals surface area contributed by atoms with Crippen LogP contribution in [0.5, 0.6) is 5.75 Å². The lowest BCUT2D eigenvalue weighted by atomic mass is 9.92. The molecule has 0 saturated carbocycles. The summed E-state index contributed by atoms with van der Waals surface area (Å²) >= 11 is 0. The van der Waals surface area contributed by atoms with Crippen molar-refractivity contribution in [1.82, 2.24) is 15.2 Å². The molecule has 0 spiro atoms. The van der Waals surface area contributed by atoms with Crippen LogP contribution in [0.1, 0.15) is 25.0 Å². The molecular formula is C22H24N4O4. The number of hydrogen-bond acceptors (Lipinski definition) is 5. The predicted molar refractivity (Wildman–Crippen MR) is 112 cm³/mol. The van der Waals surface area contributed by atoms with Gasteiger partial charge in [0.1, 0.15) is 30.3 Å². The molecule has 3 rings (SSSR count). The minimum absolute atomic E-state index is 0.353. The van der Waals surface area contributed by atoms with Gasteiger partial charge in [-0.15, -0.1) is 0 Å². The number of aromatic nitrogens is 1. The van der Waals surface area contributed by atoms with Gasteiger partial charge in [-0.1, -0.05) is 24.8 Å². The van der Waals surface area contributed by atoms with E-state index in [4.69, 9.17) is 4.74 Å². The van der Waals surface area contributed by atoms with E-state index in [1.165, 1.54) is 0 Å². The van der Waals surface area contributed by atoms with Gasteiger partial charge in [0.2, 0.25) is 5.91 Å². The topological polar surface area (TPSA) is 101 Å². The van der Waals surface area contributed by atoms with E-state index in [-0.39, 0.29) is 0 Å². The molecule has 1 saturated heterocycles. The molecule has 156 valence electrons. The van der Waals surface area contributed by atoms with Gasteiger partial charge in [-0.05, 0) is 55.7 Å². The van der Waals surface area contributed by atoms with Crippen LogP contribution in [0.3, 0.4) is 0 Å². The number of imide groups is 1. The number of aryl methyl sites for hydroxylation is 1. The largest absolute Gasteiger partial charge is 0.489 e. The molecule has 1 aliphatic rings. The van der Waals surface area contributed by atoms with Crippen LogP contribution in [-0.4, -0.2) is 40.9 Å². The molecule has 0 radical (unpaired) electrons. The Balaban J connectivity index is 1.69. The van der Waals surface area contributed by atoms with Gasteiger partial charge in [0.15, 0.2) is 0 Å². The highest BCUT2D eigenvalue weighted by molar-refractivity contribution is 6.10. The van der Waals surface area contributed by atoms with Gasteiger partial charge in [0.05, 0.1) is 0 Å². The number of urea groups is 1. The molecule has 2 N–H and O–H groups in total. The monoisotopic (exact) mass is 408 g/mol. The van der Waals surface area contributed by atoms with Crippen molar-refractivity contribution < 1.29 is 19.1 Å². The zero-order valence-electron chi connectivity index (χ0n) is 17.2. The second kappa shape index (κ2) is 8.36. The van der Waals surface area contributed by atoms with Crippen molar-refractivity contribution in [2.24, 2.45) is 0 Å². The molecule has 0 bridgehead atoms. The number of nitrogens with one attached hydrogen (secondary N) is 2. The molecule has 1 atom stereocenters. The van der Waals surface area contributed by atoms with E-state index >= 15 is 0 Å². The Labute approximate surface area is 174 Å². The Hall–Kier alpha value is -3.68. The number of amides is 4. The summed E-state index contributed by atoms with van der Waals surface area (Å²) in [6, 6.07) is 9.70. The average Bonchev–Trinajstić information content (AvgIpc) is 2.92. The van der Waals surface area contributed by atoms with Crippen LogP contribution < -0.4 is 15.4 Å². The molecule has 1 unspecified atom stereocenters. The summed E-state index contributed by atoms with van der Waals surface area (Å²) in [5, 5.41) is 5.27. The SMILES string of the molecule is C=C(C)COc1ccc(C2(C)NC(=O)N(CC(=O)Nc3ccc(C)cn3)C2=O)cc1. The molecule has 2 heterocycles. The minimum atomic E-state index is -1.27. The van der Waals surface area contributed by atoms with Crippen LogP contribution in [0.25, 0.3) is 0 Å². The fourth-order valence-electron chi connectivity index (χ4n) is 2.99. The average molecular weight is 408 g/mol. The van der Waals surface area contributed by atoms with Crippen LogP contribution in [0, 0.1) is 6.92 Å². The molecule has 1 aromatic heterocycles. The summed E-state index contributed by atoms with van der Waals surface area (Å²) in [4.78, 5) is 42.7. The first-order valence-corrected chi connectivity index (χ1v) is 9.43. The minimum Gasteiger partial charge on any atom is -0.489 e. The van der Waals surface area contributed by atoms with Crippen LogP contribution in [0.4, 0.5) is 10.6 Å². The highest BCUT2D eigenvalue weighted by Crippen LogP contribution is 2.30. The van der Waals surface area contributed by atoms with Crippen LogP contribution in [0.15, 0.2) is 54.7 Å². The van der Waals surface area contributed by atoms with E-state index in [2.05, 4.69) is 22.2 Å². The third-order valence-corrected chi connectivity index (χ3v) is 4.67. The van der Waals surface area contributed by atoms with Crippen molar-refractivity contribution in [2.75, 3.05) is 18.5 Å². The number of rotatable bonds is 7. The normalized spacial score (nSPS) is 18.2. The smallest absolute Gasteiger partial charge is 0.325 e. The van der Waals surface area contributed by atoms with Crippen molar-refractivity contribution in [3.63, 3.8) is 0 Å². The summed E-state index contributed by atoms with van der Waals surface area (Å²) in [7, 11) is 0. The maximum atomic E-state index is 13.0. The third-order valence-electron chi connectivity index (χ3n) is 4.67. The van der Waals surface area contributed by atoms with Crippen LogP contribution in [0.2, 0.25) is 0 Å². The lowest BCUT2D eigenvalue weighted by Gasteiger charge is -2.22. The zero-order chi connectivity index (χ0) is 21.9. The number of nitrogens with zero attached hydrogens (tertiary/aromatic N) is 2. The Morgan fingerprint density at radius 1 is 1.23 bits per heavy atom. The number of carbonyl (C=O) groups is 3. The molecule has 4 amide bonds. The lowest BCUT2D eigenvalue weighted by Crippen LogP contribution is -2.42. The second-order valence-corrected chi connectivity index (χ2v) is 7.49. The Morgan fingerprint density at radius 2 is 1.93 bits per heavy atom. The number of hydrogen-bond donors (Lipinski definition) is 2. The predicted octanol–water partition coefficient (Wildman–Crippen LogP) is 2.75. The van der Waals surface area contributed by atoms with E-state index in [1.54, 1.807) is 49.5 Å². The molecule has 1 aromatic carbocycles. The fraction of sp³-hybridized carbons (Fsp3) is 0.273. The summed E-state index contributed by atoms with van der Waals surface area (Å²) in [5.74, 6) is -0.0347. The Bertz CT molecular complexity index is 985. The van der Waals surface area contributed by atoms with Gasteiger partial charge in [0, 0.05) is 6.20 Å². The molecule has 2 aromatic rings. The Kier molecular flexibility index (Phi) is 5.86. The summed E-state index contributed by atoms with van der Waals surface area (Å²) < 4.78 is 5.56. The second-order valence-electron chi connectivity index (χ2n) is 7.49. The first-order chi connectivity index (χ1) is 14.2. The maximum absolute atomic E-state index is 13.0. The van der Waals surface area contributed by atoms with E-state index in [0.29, 0.717) is 23.7 Å². The van der Waals surface area contributed by atoms with Crippen molar-refractivity contribution >= 4 is 23.7 Å². The van der Waals surface area contributed by atoms with Crippen molar-refractivity contribution in [2.45, 2.75) is 26.3 Å². The van der Waals surface area contributed by atoms with Crippen molar-refractivity contribution in [3.8, 4) is 5.75 Å². The highest BCUT2D eigenvalue weighted by Gasteiger charge is 2.49. The van der Waals surface area contributed by atoms with Gasteiger partial charge >= 0.3 is 6.03 Å². The fourth-order valence-corrected chi connectivity index (χ4v) is 2.99. The lowest BCUT2D eigenvalue weighted by molar-refractivity contribution is -0.133. The van der Waals surface area contributed by atoms with E-state index in [9.17, 15) is 14.4 Å².